The van der Waals surface area contributed by atoms with Crippen molar-refractivity contribution in [2.45, 2.75) is 277 Å². The summed E-state index contributed by atoms with van der Waals surface area (Å²) < 4.78 is 16.8. The SMILES string of the molecule is CC\C=C/C=C\C=C/CCCCCCCCCC(=O)OC(COC(=O)CCCCCCCCC/C=C\C/C=C\CC)COC(=O)CCCCCCCCC/C=C\CCCCCCCCCC. The second-order valence-corrected chi connectivity index (χ2v) is 18.5. The van der Waals surface area contributed by atoms with Crippen LogP contribution in [0.3, 0.4) is 0 Å². The predicted molar refractivity (Wildman–Crippen MR) is 284 cm³/mol. The van der Waals surface area contributed by atoms with Crippen LogP contribution in [-0.2, 0) is 28.6 Å². The number of esters is 3. The summed E-state index contributed by atoms with van der Waals surface area (Å²) in [6.07, 6.45) is 68.9. The Balaban J connectivity index is 4.38. The third kappa shape index (κ3) is 51.8. The van der Waals surface area contributed by atoms with E-state index in [0.29, 0.717) is 19.3 Å². The lowest BCUT2D eigenvalue weighted by atomic mass is 10.1. The van der Waals surface area contributed by atoms with Crippen molar-refractivity contribution in [1.82, 2.24) is 0 Å². The number of carbonyl (C=O) groups is 3. The van der Waals surface area contributed by atoms with Crippen molar-refractivity contribution >= 4 is 17.9 Å². The zero-order valence-corrected chi connectivity index (χ0v) is 43.4. The molecule has 0 amide bonds. The molecule has 0 N–H and O–H groups in total. The van der Waals surface area contributed by atoms with E-state index < -0.39 is 6.10 Å². The van der Waals surface area contributed by atoms with Crippen molar-refractivity contribution in [3.8, 4) is 0 Å². The molecule has 380 valence electrons. The highest BCUT2D eigenvalue weighted by molar-refractivity contribution is 5.71. The summed E-state index contributed by atoms with van der Waals surface area (Å²) in [6.45, 7) is 6.40. The van der Waals surface area contributed by atoms with Crippen LogP contribution < -0.4 is 0 Å². The Kier molecular flexibility index (Phi) is 51.9. The van der Waals surface area contributed by atoms with Gasteiger partial charge in [0.15, 0.2) is 6.10 Å². The molecule has 0 heterocycles. The third-order valence-corrected chi connectivity index (χ3v) is 12.0. The van der Waals surface area contributed by atoms with Gasteiger partial charge in [-0.2, -0.15) is 0 Å². The van der Waals surface area contributed by atoms with E-state index in [1.807, 2.05) is 0 Å². The van der Waals surface area contributed by atoms with Crippen LogP contribution in [0.25, 0.3) is 0 Å². The van der Waals surface area contributed by atoms with E-state index in [-0.39, 0.29) is 31.1 Å². The number of allylic oxidation sites excluding steroid dienone is 12. The topological polar surface area (TPSA) is 78.9 Å². The van der Waals surface area contributed by atoms with Gasteiger partial charge in [0, 0.05) is 19.3 Å². The maximum atomic E-state index is 12.8. The van der Waals surface area contributed by atoms with E-state index in [2.05, 4.69) is 93.7 Å². The van der Waals surface area contributed by atoms with Gasteiger partial charge in [-0.15, -0.1) is 0 Å². The van der Waals surface area contributed by atoms with Crippen molar-refractivity contribution in [2.24, 2.45) is 0 Å². The van der Waals surface area contributed by atoms with Crippen molar-refractivity contribution in [2.75, 3.05) is 13.2 Å². The first-order chi connectivity index (χ1) is 32.5. The maximum Gasteiger partial charge on any atom is 0.306 e. The molecule has 0 aromatic rings. The fourth-order valence-corrected chi connectivity index (χ4v) is 7.83. The van der Waals surface area contributed by atoms with E-state index in [1.165, 1.54) is 141 Å². The Morgan fingerprint density at radius 2 is 0.667 bits per heavy atom. The second-order valence-electron chi connectivity index (χ2n) is 18.5. The lowest BCUT2D eigenvalue weighted by Crippen LogP contribution is -2.30. The van der Waals surface area contributed by atoms with E-state index in [0.717, 1.165) is 89.9 Å². The number of hydrogen-bond donors (Lipinski definition) is 0. The van der Waals surface area contributed by atoms with Crippen molar-refractivity contribution in [3.63, 3.8) is 0 Å². The summed E-state index contributed by atoms with van der Waals surface area (Å²) >= 11 is 0. The molecule has 0 saturated carbocycles. The van der Waals surface area contributed by atoms with E-state index in [9.17, 15) is 14.4 Å². The van der Waals surface area contributed by atoms with Gasteiger partial charge in [-0.25, -0.2) is 0 Å². The largest absolute Gasteiger partial charge is 0.462 e. The quantitative estimate of drug-likeness (QED) is 0.0199. The summed E-state index contributed by atoms with van der Waals surface area (Å²) in [5, 5.41) is 0. The van der Waals surface area contributed by atoms with Crippen molar-refractivity contribution in [1.29, 1.82) is 0 Å². The highest BCUT2D eigenvalue weighted by atomic mass is 16.6. The van der Waals surface area contributed by atoms with E-state index in [4.69, 9.17) is 14.2 Å². The second kappa shape index (κ2) is 54.5. The van der Waals surface area contributed by atoms with Gasteiger partial charge in [0.1, 0.15) is 13.2 Å². The fraction of sp³-hybridized carbons (Fsp3) is 0.750. The van der Waals surface area contributed by atoms with Gasteiger partial charge in [0.2, 0.25) is 0 Å². The molecule has 6 heteroatoms. The number of ether oxygens (including phenoxy) is 3. The van der Waals surface area contributed by atoms with Gasteiger partial charge in [-0.1, -0.05) is 235 Å². The highest BCUT2D eigenvalue weighted by Crippen LogP contribution is 2.15. The summed E-state index contributed by atoms with van der Waals surface area (Å²) in [5.74, 6) is -0.903. The van der Waals surface area contributed by atoms with Crippen LogP contribution in [0.2, 0.25) is 0 Å². The van der Waals surface area contributed by atoms with Gasteiger partial charge in [0.25, 0.3) is 0 Å². The van der Waals surface area contributed by atoms with Crippen LogP contribution in [0.15, 0.2) is 72.9 Å². The molecular formula is C60H104O6. The average molecular weight is 921 g/mol. The lowest BCUT2D eigenvalue weighted by Gasteiger charge is -2.18. The zero-order chi connectivity index (χ0) is 47.9. The average Bonchev–Trinajstić information content (AvgIpc) is 3.31. The summed E-state index contributed by atoms with van der Waals surface area (Å²) in [7, 11) is 0. The lowest BCUT2D eigenvalue weighted by molar-refractivity contribution is -0.167. The number of hydrogen-bond acceptors (Lipinski definition) is 6. The molecule has 0 aliphatic rings. The standard InChI is InChI=1S/C60H104O6/c1-4-7-10-13-16-19-22-25-28-29-30-31-33-35-38-41-44-47-50-53-59(62)65-56-57(55-64-58(61)52-49-46-43-40-37-34-27-24-21-18-15-12-9-6-3)66-60(63)54-51-48-45-42-39-36-32-26-23-20-17-14-11-8-5-2/h8-9,11-12,14,17-18,20-21,23,29-30,57H,4-7,10,13,15-16,19,22,24-28,31-56H2,1-3H3/b11-8-,12-9-,17-14-,21-18-,23-20-,30-29-. The molecule has 0 spiro atoms. The number of rotatable bonds is 50. The molecule has 0 fully saturated rings. The first kappa shape index (κ1) is 62.8. The summed E-state index contributed by atoms with van der Waals surface area (Å²) in [4.78, 5) is 38.1. The van der Waals surface area contributed by atoms with Crippen LogP contribution in [0, 0.1) is 0 Å². The Morgan fingerprint density at radius 3 is 1.09 bits per heavy atom. The zero-order valence-electron chi connectivity index (χ0n) is 43.4. The van der Waals surface area contributed by atoms with E-state index in [1.54, 1.807) is 0 Å². The molecule has 66 heavy (non-hydrogen) atoms. The van der Waals surface area contributed by atoms with Gasteiger partial charge < -0.3 is 14.2 Å². The molecular weight excluding hydrogens is 817 g/mol. The first-order valence-electron chi connectivity index (χ1n) is 28.0. The molecule has 0 aliphatic carbocycles. The third-order valence-electron chi connectivity index (χ3n) is 12.0. The molecule has 0 saturated heterocycles. The molecule has 0 aromatic carbocycles. The highest BCUT2D eigenvalue weighted by Gasteiger charge is 2.19. The Morgan fingerprint density at radius 1 is 0.333 bits per heavy atom. The minimum atomic E-state index is -0.787. The predicted octanol–water partition coefficient (Wildman–Crippen LogP) is 18.6. The summed E-state index contributed by atoms with van der Waals surface area (Å²) in [5.41, 5.74) is 0. The number of carbonyl (C=O) groups excluding carboxylic acids is 3. The summed E-state index contributed by atoms with van der Waals surface area (Å²) in [6, 6.07) is 0. The normalized spacial score (nSPS) is 12.6. The van der Waals surface area contributed by atoms with Crippen LogP contribution in [0.5, 0.6) is 0 Å². The molecule has 0 aliphatic heterocycles. The van der Waals surface area contributed by atoms with Gasteiger partial charge in [-0.3, -0.25) is 14.4 Å². The van der Waals surface area contributed by atoms with Crippen LogP contribution >= 0.6 is 0 Å². The van der Waals surface area contributed by atoms with Gasteiger partial charge >= 0.3 is 17.9 Å². The van der Waals surface area contributed by atoms with Crippen molar-refractivity contribution in [3.05, 3.63) is 72.9 Å². The van der Waals surface area contributed by atoms with Crippen LogP contribution in [-0.4, -0.2) is 37.2 Å². The van der Waals surface area contributed by atoms with Crippen molar-refractivity contribution < 1.29 is 28.6 Å². The van der Waals surface area contributed by atoms with E-state index >= 15 is 0 Å². The maximum absolute atomic E-state index is 12.8. The molecule has 0 radical (unpaired) electrons. The van der Waals surface area contributed by atoms with Gasteiger partial charge in [-0.05, 0) is 89.9 Å². The molecule has 0 aromatic heterocycles. The molecule has 6 nitrogen and oxygen atoms in total. The minimum absolute atomic E-state index is 0.0848. The first-order valence-corrected chi connectivity index (χ1v) is 28.0. The van der Waals surface area contributed by atoms with Gasteiger partial charge in [0.05, 0.1) is 0 Å². The van der Waals surface area contributed by atoms with Crippen LogP contribution in [0.1, 0.15) is 271 Å². The number of unbranched alkanes of at least 4 members (excludes halogenated alkanes) is 29. The smallest absolute Gasteiger partial charge is 0.306 e. The monoisotopic (exact) mass is 921 g/mol. The Hall–Kier alpha value is -3.15. The minimum Gasteiger partial charge on any atom is -0.462 e. The molecule has 0 rings (SSSR count). The molecule has 1 unspecified atom stereocenters. The fourth-order valence-electron chi connectivity index (χ4n) is 7.83. The molecule has 1 atom stereocenters. The Bertz CT molecular complexity index is 1240. The van der Waals surface area contributed by atoms with Crippen LogP contribution in [0.4, 0.5) is 0 Å². The Labute approximate surface area is 408 Å². The molecule has 0 bridgehead atoms.